The van der Waals surface area contributed by atoms with Crippen LogP contribution < -0.4 is 69.3 Å². The predicted molar refractivity (Wildman–Crippen MR) is 75.7 cm³/mol. The van der Waals surface area contributed by atoms with Crippen LogP contribution in [0.5, 0.6) is 0 Å². The van der Waals surface area contributed by atoms with Crippen LogP contribution in [-0.4, -0.2) is 35.4 Å². The Bertz CT molecular complexity index is 498. The minimum atomic E-state index is -1.13. The van der Waals surface area contributed by atoms with E-state index in [0.717, 1.165) is 0 Å². The van der Waals surface area contributed by atoms with Crippen LogP contribution in [0.1, 0.15) is 20.7 Å². The summed E-state index contributed by atoms with van der Waals surface area (Å²) in [4.78, 5) is 20.2. The number of rotatable bonds is 3. The second-order valence-electron chi connectivity index (χ2n) is 3.75. The van der Waals surface area contributed by atoms with E-state index in [4.69, 9.17) is 10.2 Å². The van der Waals surface area contributed by atoms with Gasteiger partial charge in [-0.05, 0) is 11.1 Å². The molecule has 0 radical (unpaired) electrons. The van der Waals surface area contributed by atoms with Crippen LogP contribution in [0, 0.1) is 0 Å². The zero-order valence-electron chi connectivity index (χ0n) is 13.7. The van der Waals surface area contributed by atoms with Crippen molar-refractivity contribution in [1.29, 1.82) is 0 Å². The first kappa shape index (κ1) is 28.1. The topological polar surface area (TPSA) is 121 Å². The Morgan fingerprint density at radius 2 is 0.917 bits per heavy atom. The predicted octanol–water partition coefficient (Wildman–Crippen LogP) is -6.92. The van der Waals surface area contributed by atoms with Crippen molar-refractivity contribution in [2.24, 2.45) is 0 Å². The molecule has 24 heavy (non-hydrogen) atoms. The molecule has 0 heterocycles. The second-order valence-corrected chi connectivity index (χ2v) is 3.75. The van der Waals surface area contributed by atoms with Crippen LogP contribution in [0.2, 0.25) is 0 Å². The normalized spacial score (nSPS) is 7.92. The Hall–Kier alpha value is -0.700. The minimum Gasteiger partial charge on any atom is -0.545 e. The number of aliphatic hydroxyl groups is 2. The summed E-state index contributed by atoms with van der Waals surface area (Å²) in [5.41, 5.74) is 0.440. The minimum absolute atomic E-state index is 0. The molecule has 2 rings (SSSR count). The summed E-state index contributed by atoms with van der Waals surface area (Å²) in [6.07, 6.45) is 0. The van der Waals surface area contributed by atoms with Crippen molar-refractivity contribution in [3.8, 4) is 0 Å². The molecule has 0 aliphatic rings. The molecule has 0 atom stereocenters. The molecule has 0 unspecified atom stereocenters. The molecule has 0 spiro atoms. The summed E-state index contributed by atoms with van der Waals surface area (Å²) in [5, 5.41) is 35.4. The summed E-state index contributed by atoms with van der Waals surface area (Å²) in [6.45, 7) is -0.250. The summed E-state index contributed by atoms with van der Waals surface area (Å²) in [5.74, 6) is -2.26. The molecule has 0 aliphatic heterocycles. The van der Waals surface area contributed by atoms with Crippen molar-refractivity contribution in [2.45, 2.75) is 0 Å². The Morgan fingerprint density at radius 1 is 0.667 bits per heavy atom. The summed E-state index contributed by atoms with van der Waals surface area (Å²) >= 11 is 0. The van der Waals surface area contributed by atoms with Crippen LogP contribution in [0.15, 0.2) is 60.7 Å². The third kappa shape index (κ3) is 14.9. The molecule has 0 amide bonds. The fourth-order valence-corrected chi connectivity index (χ4v) is 1.15. The third-order valence-electron chi connectivity index (χ3n) is 2.12. The van der Waals surface area contributed by atoms with Gasteiger partial charge in [0.1, 0.15) is 0 Å². The number of carboxylic acid groups (broad SMARTS) is 2. The van der Waals surface area contributed by atoms with E-state index in [9.17, 15) is 19.8 Å². The van der Waals surface area contributed by atoms with Crippen LogP contribution >= 0.6 is 0 Å². The van der Waals surface area contributed by atoms with Gasteiger partial charge in [-0.2, -0.15) is 0 Å². The molecule has 0 saturated carbocycles. The van der Waals surface area contributed by atoms with E-state index in [2.05, 4.69) is 0 Å². The first-order valence-electron chi connectivity index (χ1n) is 6.27. The molecule has 2 N–H and O–H groups in total. The largest absolute Gasteiger partial charge is 1.00 e. The molecule has 0 aliphatic carbocycles. The number of aliphatic hydroxyl groups excluding tert-OH is 2. The molecular formula is C16H16Na2O6. The quantitative estimate of drug-likeness (QED) is 0.531. The van der Waals surface area contributed by atoms with Crippen LogP contribution in [0.3, 0.4) is 0 Å². The molecule has 0 saturated heterocycles. The van der Waals surface area contributed by atoms with Crippen molar-refractivity contribution in [2.75, 3.05) is 13.2 Å². The summed E-state index contributed by atoms with van der Waals surface area (Å²) in [7, 11) is 0. The SMILES string of the molecule is O=C([O-])c1ccccc1.O=C([O-])c1ccccc1.OCCO.[Na+].[Na+]. The Balaban J connectivity index is -0.000000283. The summed E-state index contributed by atoms with van der Waals surface area (Å²) < 4.78 is 0. The number of carboxylic acids is 2. The molecule has 6 nitrogen and oxygen atoms in total. The van der Waals surface area contributed by atoms with E-state index >= 15 is 0 Å². The number of carbonyl (C=O) groups excluding carboxylic acids is 2. The molecule has 2 aromatic carbocycles. The number of hydrogen-bond donors (Lipinski definition) is 2. The maximum absolute atomic E-state index is 10.1. The van der Waals surface area contributed by atoms with Crippen molar-refractivity contribution >= 4 is 11.9 Å². The van der Waals surface area contributed by atoms with E-state index in [0.29, 0.717) is 0 Å². The maximum atomic E-state index is 10.1. The van der Waals surface area contributed by atoms with E-state index in [1.807, 2.05) is 0 Å². The Kier molecular flexibility index (Phi) is 21.8. The van der Waals surface area contributed by atoms with Gasteiger partial charge < -0.3 is 30.0 Å². The van der Waals surface area contributed by atoms with Gasteiger partial charge in [-0.15, -0.1) is 0 Å². The van der Waals surface area contributed by atoms with Crippen molar-refractivity contribution in [3.05, 3.63) is 71.8 Å². The molecule has 118 valence electrons. The van der Waals surface area contributed by atoms with Gasteiger partial charge in [0.25, 0.3) is 0 Å². The molecule has 0 fully saturated rings. The van der Waals surface area contributed by atoms with E-state index < -0.39 is 11.9 Å². The van der Waals surface area contributed by atoms with Crippen molar-refractivity contribution in [1.82, 2.24) is 0 Å². The van der Waals surface area contributed by atoms with Gasteiger partial charge in [0.2, 0.25) is 0 Å². The van der Waals surface area contributed by atoms with E-state index in [1.165, 1.54) is 24.3 Å². The van der Waals surface area contributed by atoms with Gasteiger partial charge in [0, 0.05) is 0 Å². The van der Waals surface area contributed by atoms with Gasteiger partial charge >= 0.3 is 59.1 Å². The van der Waals surface area contributed by atoms with Gasteiger partial charge in [-0.25, -0.2) is 0 Å². The van der Waals surface area contributed by atoms with Gasteiger partial charge in [0.05, 0.1) is 25.2 Å². The molecule has 0 aromatic heterocycles. The second kappa shape index (κ2) is 18.6. The number of benzene rings is 2. The molecular weight excluding hydrogens is 334 g/mol. The zero-order chi connectivity index (χ0) is 16.8. The molecule has 2 aromatic rings. The van der Waals surface area contributed by atoms with E-state index in [-0.39, 0.29) is 83.5 Å². The van der Waals surface area contributed by atoms with Gasteiger partial charge in [-0.3, -0.25) is 0 Å². The smallest absolute Gasteiger partial charge is 0.545 e. The van der Waals surface area contributed by atoms with Crippen LogP contribution in [-0.2, 0) is 0 Å². The van der Waals surface area contributed by atoms with E-state index in [1.54, 1.807) is 36.4 Å². The number of carbonyl (C=O) groups is 2. The molecule has 8 heteroatoms. The van der Waals surface area contributed by atoms with Crippen molar-refractivity contribution < 1.29 is 89.1 Å². The number of aromatic carboxylic acids is 2. The first-order chi connectivity index (χ1) is 10.5. The zero-order valence-corrected chi connectivity index (χ0v) is 17.7. The number of hydrogen-bond acceptors (Lipinski definition) is 6. The van der Waals surface area contributed by atoms with Crippen molar-refractivity contribution in [3.63, 3.8) is 0 Å². The standard InChI is InChI=1S/2C7H6O2.C2H6O2.2Na/c2*8-7(9)6-4-2-1-3-5-6;3-1-2-4;;/h2*1-5H,(H,8,9);3-4H,1-2H2;;/q;;;2*+1/p-2. The van der Waals surface area contributed by atoms with Gasteiger partial charge in [0.15, 0.2) is 0 Å². The third-order valence-corrected chi connectivity index (χ3v) is 2.12. The first-order valence-corrected chi connectivity index (χ1v) is 6.27. The fraction of sp³-hybridized carbons (Fsp3) is 0.125. The maximum Gasteiger partial charge on any atom is 1.00 e. The van der Waals surface area contributed by atoms with Gasteiger partial charge in [-0.1, -0.05) is 60.7 Å². The Labute approximate surface area is 184 Å². The Morgan fingerprint density at radius 3 is 1.04 bits per heavy atom. The van der Waals surface area contributed by atoms with Crippen LogP contribution in [0.4, 0.5) is 0 Å². The monoisotopic (exact) mass is 350 g/mol. The molecule has 0 bridgehead atoms. The average molecular weight is 350 g/mol. The fourth-order valence-electron chi connectivity index (χ4n) is 1.15. The van der Waals surface area contributed by atoms with Crippen LogP contribution in [0.25, 0.3) is 0 Å². The average Bonchev–Trinajstić information content (AvgIpc) is 2.57. The summed E-state index contributed by atoms with van der Waals surface area (Å²) in [6, 6.07) is 16.1.